The lowest BCUT2D eigenvalue weighted by molar-refractivity contribution is -0.0370. The first-order valence-corrected chi connectivity index (χ1v) is 7.11. The molecule has 0 aliphatic rings. The highest BCUT2D eigenvalue weighted by Crippen LogP contribution is 1.96. The van der Waals surface area contributed by atoms with E-state index in [0.717, 1.165) is 6.54 Å². The summed E-state index contributed by atoms with van der Waals surface area (Å²) in [5.74, 6) is 0. The molecule has 2 atom stereocenters. The number of halogens is 1. The Balaban J connectivity index is 3.39. The van der Waals surface area contributed by atoms with Crippen molar-refractivity contribution in [3.05, 3.63) is 0 Å². The standard InChI is InChI=1S/C13H28FN3O4/c1-11(21-7-6-19-5-4-15-2)9-20-10-12(14)8-17-13(18)16-3/h11-12,15H,4-10H2,1-3H3,(H2,16,17,18). The van der Waals surface area contributed by atoms with Crippen LogP contribution in [0.3, 0.4) is 0 Å². The maximum absolute atomic E-state index is 13.3. The third-order valence-electron chi connectivity index (χ3n) is 2.49. The predicted molar refractivity (Wildman–Crippen MR) is 78.3 cm³/mol. The molecule has 21 heavy (non-hydrogen) atoms. The number of alkyl halides is 1. The van der Waals surface area contributed by atoms with Crippen LogP contribution in [0.2, 0.25) is 0 Å². The van der Waals surface area contributed by atoms with Crippen molar-refractivity contribution in [1.82, 2.24) is 16.0 Å². The Morgan fingerprint density at radius 1 is 1.14 bits per heavy atom. The molecule has 0 spiro atoms. The number of carbonyl (C=O) groups excluding carboxylic acids is 1. The molecule has 0 bridgehead atoms. The van der Waals surface area contributed by atoms with Gasteiger partial charge in [-0.15, -0.1) is 0 Å². The summed E-state index contributed by atoms with van der Waals surface area (Å²) in [5.41, 5.74) is 0. The molecule has 0 saturated heterocycles. The van der Waals surface area contributed by atoms with E-state index in [-0.39, 0.29) is 19.3 Å². The lowest BCUT2D eigenvalue weighted by atomic mass is 10.4. The predicted octanol–water partition coefficient (Wildman–Crippen LogP) is -0.0888. The van der Waals surface area contributed by atoms with Crippen LogP contribution in [0.4, 0.5) is 9.18 Å². The monoisotopic (exact) mass is 309 g/mol. The van der Waals surface area contributed by atoms with Crippen molar-refractivity contribution in [3.8, 4) is 0 Å². The molecule has 8 heteroatoms. The SMILES string of the molecule is CNCCOCCOC(C)COCC(F)CNC(=O)NC. The number of hydrogen-bond donors (Lipinski definition) is 3. The summed E-state index contributed by atoms with van der Waals surface area (Å²) in [6, 6.07) is -0.410. The minimum Gasteiger partial charge on any atom is -0.378 e. The zero-order chi connectivity index (χ0) is 15.9. The summed E-state index contributed by atoms with van der Waals surface area (Å²) in [5, 5.41) is 7.69. The van der Waals surface area contributed by atoms with E-state index in [1.807, 2.05) is 14.0 Å². The Kier molecular flexibility index (Phi) is 13.4. The van der Waals surface area contributed by atoms with Crippen LogP contribution >= 0.6 is 0 Å². The van der Waals surface area contributed by atoms with Crippen molar-refractivity contribution < 1.29 is 23.4 Å². The summed E-state index contributed by atoms with van der Waals surface area (Å²) in [6.07, 6.45) is -1.36. The fourth-order valence-corrected chi connectivity index (χ4v) is 1.35. The van der Waals surface area contributed by atoms with Gasteiger partial charge in [-0.3, -0.25) is 0 Å². The van der Waals surface area contributed by atoms with Gasteiger partial charge in [0.05, 0.1) is 45.7 Å². The molecule has 0 aromatic rings. The zero-order valence-corrected chi connectivity index (χ0v) is 13.1. The summed E-state index contributed by atoms with van der Waals surface area (Å²) >= 11 is 0. The molecule has 0 aromatic heterocycles. The van der Waals surface area contributed by atoms with Gasteiger partial charge in [-0.1, -0.05) is 0 Å². The van der Waals surface area contributed by atoms with Crippen LogP contribution in [0.1, 0.15) is 6.92 Å². The van der Waals surface area contributed by atoms with E-state index < -0.39 is 12.2 Å². The number of rotatable bonds is 13. The fraction of sp³-hybridized carbons (Fsp3) is 0.923. The molecule has 0 aromatic carbocycles. The molecule has 0 aliphatic carbocycles. The first-order valence-electron chi connectivity index (χ1n) is 7.11. The van der Waals surface area contributed by atoms with Gasteiger partial charge in [0.25, 0.3) is 0 Å². The van der Waals surface area contributed by atoms with E-state index in [1.165, 1.54) is 7.05 Å². The molecular formula is C13H28FN3O4. The first-order chi connectivity index (χ1) is 10.1. The van der Waals surface area contributed by atoms with Crippen molar-refractivity contribution >= 4 is 6.03 Å². The van der Waals surface area contributed by atoms with Gasteiger partial charge >= 0.3 is 6.03 Å². The smallest absolute Gasteiger partial charge is 0.314 e. The molecule has 0 heterocycles. The van der Waals surface area contributed by atoms with E-state index >= 15 is 0 Å². The second kappa shape index (κ2) is 14.0. The minimum atomic E-state index is -1.24. The highest BCUT2D eigenvalue weighted by atomic mass is 19.1. The number of urea groups is 1. The van der Waals surface area contributed by atoms with E-state index in [9.17, 15) is 9.18 Å². The lowest BCUT2D eigenvalue weighted by Crippen LogP contribution is -2.38. The average Bonchev–Trinajstić information content (AvgIpc) is 2.48. The van der Waals surface area contributed by atoms with Gasteiger partial charge < -0.3 is 30.2 Å². The second-order valence-corrected chi connectivity index (χ2v) is 4.49. The third kappa shape index (κ3) is 13.8. The Morgan fingerprint density at radius 2 is 1.90 bits per heavy atom. The summed E-state index contributed by atoms with van der Waals surface area (Å²) in [7, 11) is 3.34. The zero-order valence-electron chi connectivity index (χ0n) is 13.1. The summed E-state index contributed by atoms with van der Waals surface area (Å²) in [6.45, 7) is 4.46. The highest BCUT2D eigenvalue weighted by Gasteiger charge is 2.09. The molecule has 0 saturated carbocycles. The molecule has 126 valence electrons. The number of likely N-dealkylation sites (N-methyl/N-ethyl adjacent to an activating group) is 1. The summed E-state index contributed by atoms with van der Waals surface area (Å²) in [4.78, 5) is 10.8. The van der Waals surface area contributed by atoms with Gasteiger partial charge in [-0.2, -0.15) is 0 Å². The van der Waals surface area contributed by atoms with Crippen molar-refractivity contribution in [2.24, 2.45) is 0 Å². The van der Waals surface area contributed by atoms with E-state index in [1.54, 1.807) is 0 Å². The van der Waals surface area contributed by atoms with Gasteiger partial charge in [0, 0.05) is 13.6 Å². The Labute approximate surface area is 125 Å². The number of ether oxygens (including phenoxy) is 3. The Morgan fingerprint density at radius 3 is 2.57 bits per heavy atom. The number of nitrogens with one attached hydrogen (secondary N) is 3. The highest BCUT2D eigenvalue weighted by molar-refractivity contribution is 5.73. The first kappa shape index (κ1) is 20.0. The molecule has 0 rings (SSSR count). The topological polar surface area (TPSA) is 80.8 Å². The van der Waals surface area contributed by atoms with Gasteiger partial charge in [0.1, 0.15) is 6.17 Å². The molecule has 7 nitrogen and oxygen atoms in total. The minimum absolute atomic E-state index is 0.0731. The van der Waals surface area contributed by atoms with Gasteiger partial charge in [-0.25, -0.2) is 9.18 Å². The quantitative estimate of drug-likeness (QED) is 0.414. The third-order valence-corrected chi connectivity index (χ3v) is 2.49. The van der Waals surface area contributed by atoms with Crippen LogP contribution < -0.4 is 16.0 Å². The van der Waals surface area contributed by atoms with Gasteiger partial charge in [0.2, 0.25) is 0 Å². The van der Waals surface area contributed by atoms with Crippen LogP contribution in [0, 0.1) is 0 Å². The lowest BCUT2D eigenvalue weighted by Gasteiger charge is -2.15. The second-order valence-electron chi connectivity index (χ2n) is 4.49. The van der Waals surface area contributed by atoms with E-state index in [0.29, 0.717) is 26.4 Å². The molecule has 0 radical (unpaired) electrons. The van der Waals surface area contributed by atoms with Crippen LogP contribution in [0.15, 0.2) is 0 Å². The van der Waals surface area contributed by atoms with Crippen molar-refractivity contribution in [2.45, 2.75) is 19.2 Å². The maximum Gasteiger partial charge on any atom is 0.314 e. The molecule has 2 unspecified atom stereocenters. The largest absolute Gasteiger partial charge is 0.378 e. The normalized spacial score (nSPS) is 13.7. The van der Waals surface area contributed by atoms with Crippen LogP contribution in [0.25, 0.3) is 0 Å². The number of hydrogen-bond acceptors (Lipinski definition) is 5. The molecular weight excluding hydrogens is 281 g/mol. The molecule has 3 N–H and O–H groups in total. The molecule has 2 amide bonds. The van der Waals surface area contributed by atoms with E-state index in [4.69, 9.17) is 14.2 Å². The van der Waals surface area contributed by atoms with Crippen LogP contribution in [-0.2, 0) is 14.2 Å². The van der Waals surface area contributed by atoms with Crippen molar-refractivity contribution in [3.63, 3.8) is 0 Å². The van der Waals surface area contributed by atoms with Crippen LogP contribution in [-0.4, -0.2) is 78.5 Å². The molecule has 0 fully saturated rings. The molecule has 0 aliphatic heterocycles. The Hall–Kier alpha value is -0.960. The van der Waals surface area contributed by atoms with Gasteiger partial charge in [-0.05, 0) is 14.0 Å². The Bertz CT molecular complexity index is 260. The van der Waals surface area contributed by atoms with Gasteiger partial charge in [0.15, 0.2) is 0 Å². The summed E-state index contributed by atoms with van der Waals surface area (Å²) < 4.78 is 29.3. The average molecular weight is 309 g/mol. The van der Waals surface area contributed by atoms with E-state index in [2.05, 4.69) is 16.0 Å². The number of carbonyl (C=O) groups is 1. The fourth-order valence-electron chi connectivity index (χ4n) is 1.35. The van der Waals surface area contributed by atoms with Crippen molar-refractivity contribution in [1.29, 1.82) is 0 Å². The number of amides is 2. The van der Waals surface area contributed by atoms with Crippen LogP contribution in [0.5, 0.6) is 0 Å². The van der Waals surface area contributed by atoms with Crippen molar-refractivity contribution in [2.75, 3.05) is 60.2 Å². The maximum atomic E-state index is 13.3.